The van der Waals surface area contributed by atoms with Crippen molar-refractivity contribution in [3.8, 4) is 5.75 Å². The Balaban J connectivity index is 2.25. The van der Waals surface area contributed by atoms with Gasteiger partial charge in [-0.3, -0.25) is 0 Å². The van der Waals surface area contributed by atoms with Gasteiger partial charge in [-0.15, -0.1) is 0 Å². The van der Waals surface area contributed by atoms with Crippen LogP contribution in [0.4, 0.5) is 0 Å². The Bertz CT molecular complexity index is 508. The largest absolute Gasteiger partial charge is 0.496 e. The normalized spacial score (nSPS) is 10.5. The number of aryl methyl sites for hydroxylation is 1. The number of benzene rings is 1. The van der Waals surface area contributed by atoms with E-state index in [2.05, 4.69) is 45.0 Å². The molecule has 0 radical (unpaired) electrons. The van der Waals surface area contributed by atoms with E-state index >= 15 is 0 Å². The molecule has 0 fully saturated rings. The topological polar surface area (TPSA) is 37.9 Å². The fourth-order valence-corrected chi connectivity index (χ4v) is 2.21. The third kappa shape index (κ3) is 2.69. The fourth-order valence-electron chi connectivity index (χ4n) is 1.85. The van der Waals surface area contributed by atoms with Crippen molar-refractivity contribution in [2.45, 2.75) is 19.8 Å². The van der Waals surface area contributed by atoms with Gasteiger partial charge in [0.15, 0.2) is 0 Å². The van der Waals surface area contributed by atoms with E-state index < -0.39 is 0 Å². The molecule has 0 aliphatic heterocycles. The molecule has 0 amide bonds. The molecule has 3 nitrogen and oxygen atoms in total. The van der Waals surface area contributed by atoms with Crippen molar-refractivity contribution >= 4 is 15.9 Å². The number of imidazole rings is 1. The molecule has 0 aliphatic carbocycles. The van der Waals surface area contributed by atoms with Crippen molar-refractivity contribution in [3.63, 3.8) is 0 Å². The van der Waals surface area contributed by atoms with E-state index in [0.717, 1.165) is 28.9 Å². The Morgan fingerprint density at radius 1 is 1.41 bits per heavy atom. The zero-order valence-corrected chi connectivity index (χ0v) is 11.5. The average Bonchev–Trinajstić information content (AvgIpc) is 2.75. The number of nitrogens with one attached hydrogen (secondary N) is 1. The molecular weight excluding hydrogens is 280 g/mol. The average molecular weight is 295 g/mol. The van der Waals surface area contributed by atoms with Crippen molar-refractivity contribution < 1.29 is 4.74 Å². The Kier molecular flexibility index (Phi) is 3.84. The number of methoxy groups -OCH3 is 1. The predicted octanol–water partition coefficient (Wildman–Crippen LogP) is 3.33. The number of aromatic nitrogens is 2. The lowest BCUT2D eigenvalue weighted by atomic mass is 10.0. The third-order valence-electron chi connectivity index (χ3n) is 2.77. The molecule has 2 rings (SSSR count). The lowest BCUT2D eigenvalue weighted by Crippen LogP contribution is -1.95. The molecule has 2 aromatic rings. The van der Waals surface area contributed by atoms with E-state index in [4.69, 9.17) is 4.74 Å². The second-order valence-electron chi connectivity index (χ2n) is 3.85. The number of aromatic amines is 1. The van der Waals surface area contributed by atoms with E-state index in [9.17, 15) is 0 Å². The SMILES string of the molecule is CCc1cc(Cc2[nH]cnc2Br)ccc1OC. The highest BCUT2D eigenvalue weighted by atomic mass is 79.9. The minimum Gasteiger partial charge on any atom is -0.496 e. The number of halogens is 1. The number of hydrogen-bond donors (Lipinski definition) is 1. The van der Waals surface area contributed by atoms with Gasteiger partial charge in [0.1, 0.15) is 10.4 Å². The summed E-state index contributed by atoms with van der Waals surface area (Å²) >= 11 is 3.42. The lowest BCUT2D eigenvalue weighted by molar-refractivity contribution is 0.410. The standard InChI is InChI=1S/C13H15BrN2O/c1-3-10-6-9(4-5-12(10)17-2)7-11-13(14)16-8-15-11/h4-6,8H,3,7H2,1-2H3,(H,15,16). The van der Waals surface area contributed by atoms with Gasteiger partial charge in [0, 0.05) is 6.42 Å². The first-order chi connectivity index (χ1) is 8.24. The number of ether oxygens (including phenoxy) is 1. The van der Waals surface area contributed by atoms with Crippen LogP contribution in [0.25, 0.3) is 0 Å². The van der Waals surface area contributed by atoms with E-state index in [-0.39, 0.29) is 0 Å². The van der Waals surface area contributed by atoms with Crippen LogP contribution in [0.1, 0.15) is 23.7 Å². The monoisotopic (exact) mass is 294 g/mol. The first-order valence-electron chi connectivity index (χ1n) is 5.58. The van der Waals surface area contributed by atoms with Crippen LogP contribution >= 0.6 is 15.9 Å². The van der Waals surface area contributed by atoms with E-state index in [1.54, 1.807) is 13.4 Å². The molecule has 90 valence electrons. The molecule has 1 heterocycles. The quantitative estimate of drug-likeness (QED) is 0.939. The van der Waals surface area contributed by atoms with Crippen LogP contribution in [0.5, 0.6) is 5.75 Å². The number of rotatable bonds is 4. The minimum atomic E-state index is 0.845. The Hall–Kier alpha value is -1.29. The Morgan fingerprint density at radius 2 is 2.24 bits per heavy atom. The summed E-state index contributed by atoms with van der Waals surface area (Å²) in [5, 5.41) is 0. The highest BCUT2D eigenvalue weighted by Gasteiger charge is 2.06. The predicted molar refractivity (Wildman–Crippen MR) is 71.5 cm³/mol. The van der Waals surface area contributed by atoms with Crippen LogP contribution in [0.15, 0.2) is 29.1 Å². The van der Waals surface area contributed by atoms with Gasteiger partial charge in [-0.2, -0.15) is 0 Å². The van der Waals surface area contributed by atoms with Crippen LogP contribution < -0.4 is 4.74 Å². The zero-order chi connectivity index (χ0) is 12.3. The fraction of sp³-hybridized carbons (Fsp3) is 0.308. The first-order valence-corrected chi connectivity index (χ1v) is 6.37. The van der Waals surface area contributed by atoms with Gasteiger partial charge in [0.05, 0.1) is 19.1 Å². The minimum absolute atomic E-state index is 0.845. The van der Waals surface area contributed by atoms with E-state index in [1.165, 1.54) is 11.1 Å². The molecule has 0 saturated carbocycles. The highest BCUT2D eigenvalue weighted by Crippen LogP contribution is 2.23. The van der Waals surface area contributed by atoms with Crippen LogP contribution in [0.2, 0.25) is 0 Å². The summed E-state index contributed by atoms with van der Waals surface area (Å²) in [7, 11) is 1.71. The lowest BCUT2D eigenvalue weighted by Gasteiger charge is -2.08. The number of nitrogens with zero attached hydrogens (tertiary/aromatic N) is 1. The molecule has 0 bridgehead atoms. The molecular formula is C13H15BrN2O. The zero-order valence-electron chi connectivity index (χ0n) is 9.96. The highest BCUT2D eigenvalue weighted by molar-refractivity contribution is 9.10. The second kappa shape index (κ2) is 5.36. The van der Waals surface area contributed by atoms with Gasteiger partial charge in [0.2, 0.25) is 0 Å². The molecule has 0 saturated heterocycles. The molecule has 4 heteroatoms. The smallest absolute Gasteiger partial charge is 0.127 e. The van der Waals surface area contributed by atoms with Crippen LogP contribution in [0, 0.1) is 0 Å². The molecule has 0 spiro atoms. The van der Waals surface area contributed by atoms with Crippen LogP contribution in [-0.4, -0.2) is 17.1 Å². The Labute approximate surface area is 109 Å². The van der Waals surface area contributed by atoms with Gasteiger partial charge in [-0.25, -0.2) is 4.98 Å². The maximum atomic E-state index is 5.32. The molecule has 1 aromatic heterocycles. The third-order valence-corrected chi connectivity index (χ3v) is 3.46. The van der Waals surface area contributed by atoms with Crippen molar-refractivity contribution in [2.75, 3.05) is 7.11 Å². The van der Waals surface area contributed by atoms with Crippen molar-refractivity contribution in [3.05, 3.63) is 46.0 Å². The van der Waals surface area contributed by atoms with Gasteiger partial charge in [0.25, 0.3) is 0 Å². The summed E-state index contributed by atoms with van der Waals surface area (Å²) in [6.07, 6.45) is 3.52. The van der Waals surface area contributed by atoms with E-state index in [1.807, 2.05) is 6.07 Å². The van der Waals surface area contributed by atoms with Crippen molar-refractivity contribution in [2.24, 2.45) is 0 Å². The summed E-state index contributed by atoms with van der Waals surface area (Å²) in [6, 6.07) is 6.30. The first kappa shape index (κ1) is 12.2. The van der Waals surface area contributed by atoms with Crippen LogP contribution in [0.3, 0.4) is 0 Å². The van der Waals surface area contributed by atoms with Gasteiger partial charge >= 0.3 is 0 Å². The van der Waals surface area contributed by atoms with Crippen LogP contribution in [-0.2, 0) is 12.8 Å². The summed E-state index contributed by atoms with van der Waals surface area (Å²) in [5.41, 5.74) is 3.59. The molecule has 1 aromatic carbocycles. The number of H-pyrrole nitrogens is 1. The van der Waals surface area contributed by atoms with Crippen molar-refractivity contribution in [1.29, 1.82) is 0 Å². The summed E-state index contributed by atoms with van der Waals surface area (Å²) in [6.45, 7) is 2.13. The molecule has 0 atom stereocenters. The summed E-state index contributed by atoms with van der Waals surface area (Å²) < 4.78 is 6.20. The maximum absolute atomic E-state index is 5.32. The molecule has 0 aliphatic rings. The molecule has 1 N–H and O–H groups in total. The summed E-state index contributed by atoms with van der Waals surface area (Å²) in [5.74, 6) is 0.958. The van der Waals surface area contributed by atoms with Gasteiger partial charge in [-0.05, 0) is 39.5 Å². The molecule has 0 unspecified atom stereocenters. The molecule has 17 heavy (non-hydrogen) atoms. The number of hydrogen-bond acceptors (Lipinski definition) is 2. The second-order valence-corrected chi connectivity index (χ2v) is 4.60. The van der Waals surface area contributed by atoms with Crippen molar-refractivity contribution in [1.82, 2.24) is 9.97 Å². The maximum Gasteiger partial charge on any atom is 0.127 e. The van der Waals surface area contributed by atoms with Gasteiger partial charge < -0.3 is 9.72 Å². The van der Waals surface area contributed by atoms with Gasteiger partial charge in [-0.1, -0.05) is 19.1 Å². The Morgan fingerprint density at radius 3 is 2.82 bits per heavy atom. The summed E-state index contributed by atoms with van der Waals surface area (Å²) in [4.78, 5) is 7.26. The van der Waals surface area contributed by atoms with E-state index in [0.29, 0.717) is 0 Å².